The summed E-state index contributed by atoms with van der Waals surface area (Å²) in [5, 5.41) is 9.97. The fourth-order valence-electron chi connectivity index (χ4n) is 11.6. The molecule has 0 atom stereocenters. The Hall–Kier alpha value is -8.60. The molecule has 4 heterocycles. The van der Waals surface area contributed by atoms with Gasteiger partial charge in [0, 0.05) is 65.8 Å². The lowest BCUT2D eigenvalue weighted by Gasteiger charge is -2.12. The van der Waals surface area contributed by atoms with Crippen LogP contribution in [-0.4, -0.2) is 18.3 Å². The predicted molar refractivity (Wildman–Crippen MR) is 297 cm³/mol. The number of fused-ring (bicyclic) bond motifs is 12. The number of hydrogen-bond acceptors (Lipinski definition) is 0. The molecule has 4 nitrogen and oxygen atoms in total. The third-order valence-electron chi connectivity index (χ3n) is 15.1. The molecule has 0 saturated heterocycles. The first kappa shape index (κ1) is 40.5. The normalized spacial score (nSPS) is 12.3. The highest BCUT2D eigenvalue weighted by molar-refractivity contribution is 6.15. The molecular weight excluding hydrogens is 849 g/mol. The highest BCUT2D eigenvalue weighted by Gasteiger charge is 2.20. The van der Waals surface area contributed by atoms with Gasteiger partial charge >= 0.3 is 0 Å². The average molecular weight is 899 g/mol. The molecule has 0 unspecified atom stereocenters. The van der Waals surface area contributed by atoms with Gasteiger partial charge in [0.1, 0.15) is 0 Å². The SMILES string of the molecule is CC(C)c1ccc(-n2c3ccccc3c3cc(-n4c5ccccc5c5cc(-c6ccc7c(c6)c6ccccc6n7-c6ccc7c(c6)c6ccccc6n7-c6ccc(C(C)C)cc6)ccc54)ccc32)cc1. The van der Waals surface area contributed by atoms with Gasteiger partial charge in [-0.2, -0.15) is 0 Å². The summed E-state index contributed by atoms with van der Waals surface area (Å²) in [5.74, 6) is 0.976. The minimum Gasteiger partial charge on any atom is -0.309 e. The monoisotopic (exact) mass is 898 g/mol. The number of aromatic nitrogens is 4. The van der Waals surface area contributed by atoms with E-state index in [4.69, 9.17) is 0 Å². The Bertz CT molecular complexity index is 4110. The van der Waals surface area contributed by atoms with Crippen LogP contribution in [-0.2, 0) is 0 Å². The Morgan fingerprint density at radius 2 is 0.486 bits per heavy atom. The molecule has 0 radical (unpaired) electrons. The van der Waals surface area contributed by atoms with Crippen molar-refractivity contribution < 1.29 is 0 Å². The second-order valence-corrected chi connectivity index (χ2v) is 19.8. The Morgan fingerprint density at radius 3 is 0.814 bits per heavy atom. The van der Waals surface area contributed by atoms with Crippen LogP contribution in [0.3, 0.4) is 0 Å². The molecule has 14 aromatic rings. The number of nitrogens with zero attached hydrogens (tertiary/aromatic N) is 4. The number of rotatable bonds is 7. The van der Waals surface area contributed by atoms with E-state index in [-0.39, 0.29) is 0 Å². The van der Waals surface area contributed by atoms with Crippen LogP contribution in [0.5, 0.6) is 0 Å². The maximum Gasteiger partial charge on any atom is 0.0542 e. The van der Waals surface area contributed by atoms with Gasteiger partial charge in [-0.05, 0) is 143 Å². The zero-order chi connectivity index (χ0) is 46.8. The topological polar surface area (TPSA) is 19.7 Å². The van der Waals surface area contributed by atoms with Crippen LogP contribution < -0.4 is 0 Å². The smallest absolute Gasteiger partial charge is 0.0542 e. The highest BCUT2D eigenvalue weighted by atomic mass is 15.0. The molecule has 0 aliphatic carbocycles. The van der Waals surface area contributed by atoms with Gasteiger partial charge < -0.3 is 18.3 Å². The minimum atomic E-state index is 0.488. The summed E-state index contributed by atoms with van der Waals surface area (Å²) in [5.41, 5.74) is 19.4. The predicted octanol–water partition coefficient (Wildman–Crippen LogP) is 18.0. The molecule has 0 bridgehead atoms. The third-order valence-corrected chi connectivity index (χ3v) is 15.1. The highest BCUT2D eigenvalue weighted by Crippen LogP contribution is 2.41. The van der Waals surface area contributed by atoms with Gasteiger partial charge in [0.05, 0.1) is 44.1 Å². The lowest BCUT2D eigenvalue weighted by atomic mass is 10.0. The molecule has 0 N–H and O–H groups in total. The molecule has 334 valence electrons. The summed E-state index contributed by atoms with van der Waals surface area (Å²) in [6, 6.07) is 81.6. The van der Waals surface area contributed by atoms with Crippen LogP contribution in [0.15, 0.2) is 218 Å². The van der Waals surface area contributed by atoms with E-state index in [0.717, 1.165) is 11.4 Å². The third kappa shape index (κ3) is 6.02. The van der Waals surface area contributed by atoms with Gasteiger partial charge in [-0.15, -0.1) is 0 Å². The molecule has 0 amide bonds. The van der Waals surface area contributed by atoms with E-state index < -0.39 is 0 Å². The zero-order valence-corrected chi connectivity index (χ0v) is 39.7. The largest absolute Gasteiger partial charge is 0.309 e. The first-order chi connectivity index (χ1) is 34.4. The second kappa shape index (κ2) is 15.5. The van der Waals surface area contributed by atoms with E-state index in [2.05, 4.69) is 264 Å². The van der Waals surface area contributed by atoms with Gasteiger partial charge in [0.25, 0.3) is 0 Å². The van der Waals surface area contributed by atoms with Crippen LogP contribution in [0, 0.1) is 0 Å². The van der Waals surface area contributed by atoms with Crippen LogP contribution in [0.4, 0.5) is 0 Å². The van der Waals surface area contributed by atoms with E-state index in [9.17, 15) is 0 Å². The molecule has 4 aromatic heterocycles. The quantitative estimate of drug-likeness (QED) is 0.152. The molecule has 0 saturated carbocycles. The van der Waals surface area contributed by atoms with Crippen molar-refractivity contribution in [1.82, 2.24) is 18.3 Å². The lowest BCUT2D eigenvalue weighted by Crippen LogP contribution is -1.96. The van der Waals surface area contributed by atoms with Crippen molar-refractivity contribution in [2.75, 3.05) is 0 Å². The van der Waals surface area contributed by atoms with Gasteiger partial charge in [0.2, 0.25) is 0 Å². The summed E-state index contributed by atoms with van der Waals surface area (Å²) < 4.78 is 9.73. The minimum absolute atomic E-state index is 0.488. The van der Waals surface area contributed by atoms with Crippen molar-refractivity contribution in [3.63, 3.8) is 0 Å². The first-order valence-electron chi connectivity index (χ1n) is 24.7. The van der Waals surface area contributed by atoms with E-state index in [1.165, 1.54) is 121 Å². The molecule has 10 aromatic carbocycles. The summed E-state index contributed by atoms with van der Waals surface area (Å²) in [7, 11) is 0. The summed E-state index contributed by atoms with van der Waals surface area (Å²) in [6.07, 6.45) is 0. The summed E-state index contributed by atoms with van der Waals surface area (Å²) in [6.45, 7) is 9.01. The summed E-state index contributed by atoms with van der Waals surface area (Å²) in [4.78, 5) is 0. The van der Waals surface area contributed by atoms with Gasteiger partial charge in [0.15, 0.2) is 0 Å². The zero-order valence-electron chi connectivity index (χ0n) is 39.7. The Balaban J connectivity index is 0.887. The van der Waals surface area contributed by atoms with Crippen molar-refractivity contribution in [3.8, 4) is 33.9 Å². The van der Waals surface area contributed by atoms with E-state index >= 15 is 0 Å². The van der Waals surface area contributed by atoms with Crippen molar-refractivity contribution in [2.24, 2.45) is 0 Å². The fourth-order valence-corrected chi connectivity index (χ4v) is 11.6. The van der Waals surface area contributed by atoms with Crippen molar-refractivity contribution in [3.05, 3.63) is 230 Å². The lowest BCUT2D eigenvalue weighted by molar-refractivity contribution is 0.865. The Labute approximate surface area is 406 Å². The van der Waals surface area contributed by atoms with Crippen LogP contribution in [0.1, 0.15) is 50.7 Å². The first-order valence-corrected chi connectivity index (χ1v) is 24.7. The number of benzene rings is 10. The molecule has 0 spiro atoms. The Morgan fingerprint density at radius 1 is 0.229 bits per heavy atom. The van der Waals surface area contributed by atoms with Crippen LogP contribution in [0.25, 0.3) is 121 Å². The number of hydrogen-bond donors (Lipinski definition) is 0. The molecular formula is C66H50N4. The molecule has 70 heavy (non-hydrogen) atoms. The van der Waals surface area contributed by atoms with E-state index in [1.807, 2.05) is 0 Å². The van der Waals surface area contributed by atoms with Gasteiger partial charge in [-0.1, -0.05) is 137 Å². The maximum atomic E-state index is 2.45. The summed E-state index contributed by atoms with van der Waals surface area (Å²) >= 11 is 0. The molecule has 0 aliphatic heterocycles. The van der Waals surface area contributed by atoms with Crippen LogP contribution >= 0.6 is 0 Å². The van der Waals surface area contributed by atoms with Gasteiger partial charge in [-0.25, -0.2) is 0 Å². The standard InChI is InChI=1S/C66H50N4/c1-41(2)43-21-27-47(28-22-43)67-59-17-9-7-15-53(59)57-39-49(31-35-65(57)67)69-61-19-11-5-13-51(61)55-37-45(25-33-63(55)69)46-26-34-64-56(38-46)52-14-6-12-20-62(52)70(64)50-32-36-66-58(40-50)54-16-8-10-18-60(54)68(66)48-29-23-44(24-30-48)42(3)4/h5-42H,1-4H3. The van der Waals surface area contributed by atoms with E-state index in [1.54, 1.807) is 0 Å². The van der Waals surface area contributed by atoms with E-state index in [0.29, 0.717) is 11.8 Å². The fraction of sp³-hybridized carbons (Fsp3) is 0.0909. The average Bonchev–Trinajstić information content (AvgIpc) is 4.13. The van der Waals surface area contributed by atoms with Gasteiger partial charge in [-0.3, -0.25) is 0 Å². The van der Waals surface area contributed by atoms with Crippen molar-refractivity contribution in [1.29, 1.82) is 0 Å². The molecule has 0 aliphatic rings. The maximum absolute atomic E-state index is 2.45. The van der Waals surface area contributed by atoms with Crippen molar-refractivity contribution >= 4 is 87.2 Å². The number of para-hydroxylation sites is 4. The molecule has 4 heteroatoms. The molecule has 0 fully saturated rings. The van der Waals surface area contributed by atoms with Crippen LogP contribution in [0.2, 0.25) is 0 Å². The van der Waals surface area contributed by atoms with Crippen molar-refractivity contribution in [2.45, 2.75) is 39.5 Å². The molecule has 14 rings (SSSR count). The Kier molecular flexibility index (Phi) is 8.94. The second-order valence-electron chi connectivity index (χ2n) is 19.8.